The summed E-state index contributed by atoms with van der Waals surface area (Å²) in [6.07, 6.45) is 1.84. The molecule has 0 spiro atoms. The Kier molecular flexibility index (Phi) is 1.97. The highest BCUT2D eigenvalue weighted by molar-refractivity contribution is 4.72. The number of piperidine rings is 1. The molecule has 8 heavy (non-hydrogen) atoms. The summed E-state index contributed by atoms with van der Waals surface area (Å²) in [6, 6.07) is 0.0937. The van der Waals surface area contributed by atoms with Gasteiger partial charge in [-0.3, -0.25) is 0 Å². The highest BCUT2D eigenvalue weighted by atomic mass is 16.3. The van der Waals surface area contributed by atoms with Gasteiger partial charge in [0, 0.05) is 0 Å². The van der Waals surface area contributed by atoms with Gasteiger partial charge in [-0.05, 0) is 25.9 Å². The lowest BCUT2D eigenvalue weighted by Crippen LogP contribution is -2.29. The highest BCUT2D eigenvalue weighted by Crippen LogP contribution is 2.04. The fourth-order valence-corrected chi connectivity index (χ4v) is 0.912. The van der Waals surface area contributed by atoms with Crippen LogP contribution in [0.3, 0.4) is 0 Å². The van der Waals surface area contributed by atoms with E-state index in [9.17, 15) is 4.91 Å². The summed E-state index contributed by atoms with van der Waals surface area (Å²) in [5.74, 6) is 0. The molecule has 1 aliphatic rings. The van der Waals surface area contributed by atoms with Gasteiger partial charge in [-0.25, -0.2) is 0 Å². The smallest absolute Gasteiger partial charge is 0.0943 e. The Morgan fingerprint density at radius 3 is 2.38 bits per heavy atom. The quantitative estimate of drug-likeness (QED) is 0.504. The maximum atomic E-state index is 9.88. The van der Waals surface area contributed by atoms with Gasteiger partial charge in [-0.15, -0.1) is 0 Å². The summed E-state index contributed by atoms with van der Waals surface area (Å²) < 4.78 is 0. The standard InChI is InChI=1S/C5H10N2O/c8-7-5-1-3-6-4-2-5/h5-6H,1-4H2. The average Bonchev–Trinajstić information content (AvgIpc) is 1.90. The molecule has 0 unspecified atom stereocenters. The van der Waals surface area contributed by atoms with Crippen molar-refractivity contribution in [2.75, 3.05) is 13.1 Å². The van der Waals surface area contributed by atoms with Gasteiger partial charge in [0.25, 0.3) is 0 Å². The molecule has 0 saturated carbocycles. The molecule has 1 aliphatic heterocycles. The lowest BCUT2D eigenvalue weighted by atomic mass is 10.1. The number of nitroso groups, excluding NO2 is 1. The molecule has 3 heteroatoms. The van der Waals surface area contributed by atoms with Gasteiger partial charge in [0.1, 0.15) is 0 Å². The highest BCUT2D eigenvalue weighted by Gasteiger charge is 2.11. The summed E-state index contributed by atoms with van der Waals surface area (Å²) in [6.45, 7) is 1.91. The van der Waals surface area contributed by atoms with Gasteiger partial charge >= 0.3 is 0 Å². The molecule has 1 saturated heterocycles. The number of nitrogens with zero attached hydrogens (tertiary/aromatic N) is 1. The molecule has 0 atom stereocenters. The molecule has 0 aromatic carbocycles. The van der Waals surface area contributed by atoms with E-state index in [0.29, 0.717) is 0 Å². The molecule has 0 aromatic heterocycles. The number of rotatable bonds is 1. The van der Waals surface area contributed by atoms with Crippen LogP contribution in [0, 0.1) is 4.91 Å². The minimum atomic E-state index is 0.0937. The fourth-order valence-electron chi connectivity index (χ4n) is 0.912. The van der Waals surface area contributed by atoms with E-state index in [1.807, 2.05) is 0 Å². The molecular formula is C5H10N2O. The molecule has 1 N–H and O–H groups in total. The number of hydrogen-bond acceptors (Lipinski definition) is 3. The second kappa shape index (κ2) is 2.77. The molecule has 3 nitrogen and oxygen atoms in total. The molecule has 1 heterocycles. The zero-order chi connectivity index (χ0) is 5.82. The van der Waals surface area contributed by atoms with Crippen LogP contribution in [0.5, 0.6) is 0 Å². The minimum absolute atomic E-state index is 0.0937. The van der Waals surface area contributed by atoms with E-state index in [0.717, 1.165) is 25.9 Å². The third kappa shape index (κ3) is 1.26. The van der Waals surface area contributed by atoms with Gasteiger partial charge in [-0.1, -0.05) is 5.18 Å². The van der Waals surface area contributed by atoms with Gasteiger partial charge in [0.05, 0.1) is 6.04 Å². The number of nitrogens with one attached hydrogen (secondary N) is 1. The second-order valence-electron chi connectivity index (χ2n) is 2.09. The molecule has 0 aromatic rings. The summed E-state index contributed by atoms with van der Waals surface area (Å²) in [5.41, 5.74) is 0. The normalized spacial score (nSPS) is 23.0. The van der Waals surface area contributed by atoms with Crippen molar-refractivity contribution >= 4 is 0 Å². The van der Waals surface area contributed by atoms with Crippen molar-refractivity contribution < 1.29 is 0 Å². The first-order chi connectivity index (χ1) is 3.93. The van der Waals surface area contributed by atoms with Crippen LogP contribution < -0.4 is 5.32 Å². The molecule has 0 bridgehead atoms. The maximum Gasteiger partial charge on any atom is 0.0943 e. The topological polar surface area (TPSA) is 41.5 Å². The predicted octanol–water partition coefficient (Wildman–Crippen LogP) is 0.505. The molecule has 0 amide bonds. The third-order valence-corrected chi connectivity index (χ3v) is 1.46. The van der Waals surface area contributed by atoms with Crippen LogP contribution in [0.25, 0.3) is 0 Å². The Balaban J connectivity index is 2.22. The van der Waals surface area contributed by atoms with Crippen molar-refractivity contribution in [2.45, 2.75) is 18.9 Å². The Morgan fingerprint density at radius 1 is 1.38 bits per heavy atom. The van der Waals surface area contributed by atoms with Crippen LogP contribution in [-0.4, -0.2) is 19.1 Å². The zero-order valence-corrected chi connectivity index (χ0v) is 4.76. The minimum Gasteiger partial charge on any atom is -0.317 e. The molecule has 1 rings (SSSR count). The van der Waals surface area contributed by atoms with Crippen LogP contribution in [0.15, 0.2) is 5.18 Å². The van der Waals surface area contributed by atoms with Gasteiger partial charge in [-0.2, -0.15) is 4.91 Å². The van der Waals surface area contributed by atoms with Crippen LogP contribution in [0.2, 0.25) is 0 Å². The fraction of sp³-hybridized carbons (Fsp3) is 1.00. The lowest BCUT2D eigenvalue weighted by molar-refractivity contribution is 0.457. The SMILES string of the molecule is O=NC1CCNCC1. The first-order valence-electron chi connectivity index (χ1n) is 2.96. The van der Waals surface area contributed by atoms with E-state index in [1.54, 1.807) is 0 Å². The van der Waals surface area contributed by atoms with E-state index in [-0.39, 0.29) is 6.04 Å². The molecule has 0 aliphatic carbocycles. The van der Waals surface area contributed by atoms with E-state index in [2.05, 4.69) is 10.5 Å². The number of hydrogen-bond donors (Lipinski definition) is 1. The molecular weight excluding hydrogens is 104 g/mol. The van der Waals surface area contributed by atoms with Crippen molar-refractivity contribution in [3.05, 3.63) is 4.91 Å². The van der Waals surface area contributed by atoms with Gasteiger partial charge in [0.15, 0.2) is 0 Å². The Bertz CT molecular complexity index is 78.5. The van der Waals surface area contributed by atoms with E-state index >= 15 is 0 Å². The van der Waals surface area contributed by atoms with Crippen LogP contribution in [0.1, 0.15) is 12.8 Å². The van der Waals surface area contributed by atoms with Crippen molar-refractivity contribution in [2.24, 2.45) is 5.18 Å². The summed E-state index contributed by atoms with van der Waals surface area (Å²) in [7, 11) is 0. The van der Waals surface area contributed by atoms with Crippen LogP contribution in [0.4, 0.5) is 0 Å². The summed E-state index contributed by atoms with van der Waals surface area (Å²) >= 11 is 0. The van der Waals surface area contributed by atoms with Gasteiger partial charge in [0.2, 0.25) is 0 Å². The van der Waals surface area contributed by atoms with Crippen LogP contribution in [-0.2, 0) is 0 Å². The Morgan fingerprint density at radius 2 is 2.00 bits per heavy atom. The lowest BCUT2D eigenvalue weighted by Gasteiger charge is -2.15. The largest absolute Gasteiger partial charge is 0.317 e. The second-order valence-corrected chi connectivity index (χ2v) is 2.09. The molecule has 0 radical (unpaired) electrons. The van der Waals surface area contributed by atoms with Gasteiger partial charge < -0.3 is 5.32 Å². The maximum absolute atomic E-state index is 9.88. The average molecular weight is 114 g/mol. The van der Waals surface area contributed by atoms with Crippen molar-refractivity contribution in [3.63, 3.8) is 0 Å². The zero-order valence-electron chi connectivity index (χ0n) is 4.76. The predicted molar refractivity (Wildman–Crippen MR) is 31.7 cm³/mol. The summed E-state index contributed by atoms with van der Waals surface area (Å²) in [5, 5.41) is 6.11. The summed E-state index contributed by atoms with van der Waals surface area (Å²) in [4.78, 5) is 9.88. The van der Waals surface area contributed by atoms with Crippen molar-refractivity contribution in [1.82, 2.24) is 5.32 Å². The van der Waals surface area contributed by atoms with Crippen molar-refractivity contribution in [1.29, 1.82) is 0 Å². The van der Waals surface area contributed by atoms with E-state index in [4.69, 9.17) is 0 Å². The molecule has 46 valence electrons. The van der Waals surface area contributed by atoms with Crippen LogP contribution >= 0.6 is 0 Å². The van der Waals surface area contributed by atoms with E-state index in [1.165, 1.54) is 0 Å². The first-order valence-corrected chi connectivity index (χ1v) is 2.96. The Labute approximate surface area is 48.4 Å². The first kappa shape index (κ1) is 5.69. The van der Waals surface area contributed by atoms with Crippen molar-refractivity contribution in [3.8, 4) is 0 Å². The third-order valence-electron chi connectivity index (χ3n) is 1.46. The monoisotopic (exact) mass is 114 g/mol. The van der Waals surface area contributed by atoms with E-state index < -0.39 is 0 Å². The Hall–Kier alpha value is -0.440. The molecule has 1 fully saturated rings.